The van der Waals surface area contributed by atoms with E-state index >= 15 is 0 Å². The zero-order valence-corrected chi connectivity index (χ0v) is 17.9. The second-order valence-electron chi connectivity index (χ2n) is 7.91. The van der Waals surface area contributed by atoms with Crippen molar-refractivity contribution < 1.29 is 5.21 Å². The third-order valence-electron chi connectivity index (χ3n) is 5.68. The van der Waals surface area contributed by atoms with Crippen LogP contribution in [0.1, 0.15) is 11.3 Å². The summed E-state index contributed by atoms with van der Waals surface area (Å²) >= 11 is 0. The highest BCUT2D eigenvalue weighted by Gasteiger charge is 2.11. The Balaban J connectivity index is 1.42. The van der Waals surface area contributed by atoms with Crippen molar-refractivity contribution in [3.63, 3.8) is 0 Å². The van der Waals surface area contributed by atoms with Crippen LogP contribution >= 0.6 is 0 Å². The van der Waals surface area contributed by atoms with Gasteiger partial charge in [0.05, 0.1) is 11.9 Å². The van der Waals surface area contributed by atoms with Gasteiger partial charge in [0.1, 0.15) is 5.69 Å². The molecule has 0 saturated heterocycles. The minimum Gasteiger partial charge on any atom is -0.425 e. The van der Waals surface area contributed by atoms with E-state index < -0.39 is 5.56 Å². The van der Waals surface area contributed by atoms with Gasteiger partial charge in [-0.05, 0) is 27.8 Å². The Morgan fingerprint density at radius 2 is 1.06 bits per heavy atom. The van der Waals surface area contributed by atoms with Crippen LogP contribution in [0.2, 0.25) is 0 Å². The van der Waals surface area contributed by atoms with Gasteiger partial charge in [0, 0.05) is 12.0 Å². The third-order valence-corrected chi connectivity index (χ3v) is 5.68. The van der Waals surface area contributed by atoms with E-state index in [0.717, 1.165) is 33.4 Å². The molecule has 0 aliphatic carbocycles. The van der Waals surface area contributed by atoms with E-state index in [0.29, 0.717) is 22.5 Å². The first-order valence-electron chi connectivity index (χ1n) is 10.8. The molecule has 0 atom stereocenters. The van der Waals surface area contributed by atoms with Crippen LogP contribution in [0.5, 0.6) is 0 Å². The number of hydrogen-bond donors (Lipinski definition) is 1. The molecule has 0 unspecified atom stereocenters. The number of benzene rings is 4. The minimum absolute atomic E-state index is 0.301. The number of aromatic nitrogens is 2. The molecule has 0 saturated carbocycles. The molecule has 0 aliphatic heterocycles. The Hall–Kier alpha value is -4.44. The van der Waals surface area contributed by atoms with Crippen LogP contribution in [0.25, 0.3) is 33.5 Å². The van der Waals surface area contributed by atoms with Crippen LogP contribution in [-0.4, -0.2) is 14.9 Å². The monoisotopic (exact) mass is 430 g/mol. The number of hydrogen-bond acceptors (Lipinski definition) is 3. The zero-order chi connectivity index (χ0) is 22.6. The summed E-state index contributed by atoms with van der Waals surface area (Å²) in [6.45, 7) is 0. The lowest BCUT2D eigenvalue weighted by molar-refractivity contribution is 0.173. The molecule has 5 rings (SSSR count). The topological polar surface area (TPSA) is 55.1 Å². The summed E-state index contributed by atoms with van der Waals surface area (Å²) in [5.41, 5.74) is 6.60. The van der Waals surface area contributed by atoms with Crippen LogP contribution in [0.15, 0.2) is 120 Å². The summed E-state index contributed by atoms with van der Waals surface area (Å²) in [6.07, 6.45) is 1.70. The van der Waals surface area contributed by atoms with Crippen molar-refractivity contribution in [1.29, 1.82) is 0 Å². The fourth-order valence-corrected chi connectivity index (χ4v) is 3.89. The van der Waals surface area contributed by atoms with Gasteiger partial charge in [-0.15, -0.1) is 0 Å². The van der Waals surface area contributed by atoms with Gasteiger partial charge in [0.15, 0.2) is 0 Å². The Morgan fingerprint density at radius 3 is 1.61 bits per heavy atom. The van der Waals surface area contributed by atoms with Gasteiger partial charge >= 0.3 is 5.56 Å². The molecule has 0 spiro atoms. The van der Waals surface area contributed by atoms with Gasteiger partial charge in [0.25, 0.3) is 0 Å². The molecule has 4 aromatic carbocycles. The van der Waals surface area contributed by atoms with E-state index in [2.05, 4.69) is 29.2 Å². The Labute approximate surface area is 192 Å². The maximum absolute atomic E-state index is 12.5. The molecule has 0 radical (unpaired) electrons. The van der Waals surface area contributed by atoms with Gasteiger partial charge < -0.3 is 5.21 Å². The SMILES string of the molecule is O=c1c(Cc2ccc(-c3ccccc3)cc2)nc(-c2ccc(-c3ccccc3)cc2)cn1O. The van der Waals surface area contributed by atoms with Crippen molar-refractivity contribution in [2.75, 3.05) is 0 Å². The highest BCUT2D eigenvalue weighted by atomic mass is 16.5. The largest absolute Gasteiger partial charge is 0.425 e. The summed E-state index contributed by atoms with van der Waals surface area (Å²) in [6, 6.07) is 36.2. The molecule has 5 aromatic rings. The van der Waals surface area contributed by atoms with Crippen LogP contribution in [-0.2, 0) is 6.42 Å². The second kappa shape index (κ2) is 8.97. The highest BCUT2D eigenvalue weighted by molar-refractivity contribution is 5.68. The molecule has 0 aliphatic rings. The molecule has 0 fully saturated rings. The average Bonchev–Trinajstić information content (AvgIpc) is 2.88. The number of rotatable bonds is 5. The minimum atomic E-state index is -0.508. The smallest absolute Gasteiger partial charge is 0.304 e. The third kappa shape index (κ3) is 4.46. The van der Waals surface area contributed by atoms with Crippen LogP contribution in [0.3, 0.4) is 0 Å². The van der Waals surface area contributed by atoms with E-state index in [1.807, 2.05) is 84.9 Å². The van der Waals surface area contributed by atoms with Gasteiger partial charge in [-0.25, -0.2) is 4.98 Å². The Kier molecular flexibility index (Phi) is 5.56. The summed E-state index contributed by atoms with van der Waals surface area (Å²) in [4.78, 5) is 17.1. The van der Waals surface area contributed by atoms with Gasteiger partial charge in [-0.3, -0.25) is 4.79 Å². The molecule has 1 aromatic heterocycles. The maximum atomic E-state index is 12.5. The Morgan fingerprint density at radius 1 is 0.606 bits per heavy atom. The first-order valence-corrected chi connectivity index (χ1v) is 10.8. The lowest BCUT2D eigenvalue weighted by atomic mass is 10.0. The van der Waals surface area contributed by atoms with Crippen molar-refractivity contribution in [1.82, 2.24) is 9.71 Å². The molecule has 1 N–H and O–H groups in total. The van der Waals surface area contributed by atoms with Gasteiger partial charge in [-0.1, -0.05) is 109 Å². The van der Waals surface area contributed by atoms with E-state index in [1.54, 1.807) is 0 Å². The summed E-state index contributed by atoms with van der Waals surface area (Å²) < 4.78 is 0.626. The van der Waals surface area contributed by atoms with E-state index in [4.69, 9.17) is 0 Å². The average molecular weight is 431 g/mol. The molecule has 4 nitrogen and oxygen atoms in total. The number of nitrogens with zero attached hydrogens (tertiary/aromatic N) is 2. The van der Waals surface area contributed by atoms with Gasteiger partial charge in [-0.2, -0.15) is 4.73 Å². The predicted molar refractivity (Wildman–Crippen MR) is 131 cm³/mol. The second-order valence-corrected chi connectivity index (χ2v) is 7.91. The van der Waals surface area contributed by atoms with Crippen molar-refractivity contribution in [3.05, 3.63) is 137 Å². The first-order chi connectivity index (χ1) is 16.2. The quantitative estimate of drug-likeness (QED) is 0.344. The highest BCUT2D eigenvalue weighted by Crippen LogP contribution is 2.24. The molecular weight excluding hydrogens is 408 g/mol. The molecule has 0 amide bonds. The van der Waals surface area contributed by atoms with Crippen molar-refractivity contribution in [2.24, 2.45) is 0 Å². The summed E-state index contributed by atoms with van der Waals surface area (Å²) in [7, 11) is 0. The van der Waals surface area contributed by atoms with E-state index in [1.165, 1.54) is 6.20 Å². The fourth-order valence-electron chi connectivity index (χ4n) is 3.89. The van der Waals surface area contributed by atoms with E-state index in [-0.39, 0.29) is 0 Å². The molecule has 4 heteroatoms. The van der Waals surface area contributed by atoms with Gasteiger partial charge in [0.2, 0.25) is 0 Å². The molecule has 33 heavy (non-hydrogen) atoms. The zero-order valence-electron chi connectivity index (χ0n) is 17.9. The van der Waals surface area contributed by atoms with Crippen LogP contribution in [0, 0.1) is 0 Å². The molecule has 0 bridgehead atoms. The lowest BCUT2D eigenvalue weighted by Gasteiger charge is -2.09. The molecule has 160 valence electrons. The Bertz CT molecular complexity index is 1420. The van der Waals surface area contributed by atoms with E-state index in [9.17, 15) is 10.0 Å². The predicted octanol–water partition coefficient (Wildman–Crippen LogP) is 6.07. The van der Waals surface area contributed by atoms with Crippen molar-refractivity contribution >= 4 is 0 Å². The normalized spacial score (nSPS) is 10.8. The lowest BCUT2D eigenvalue weighted by Crippen LogP contribution is -2.24. The fraction of sp³-hybridized carbons (Fsp3) is 0.0345. The van der Waals surface area contributed by atoms with Crippen LogP contribution in [0.4, 0.5) is 0 Å². The first kappa shape index (κ1) is 20.5. The molecular formula is C29H22N2O2. The summed E-state index contributed by atoms with van der Waals surface area (Å²) in [5.74, 6) is 0. The molecule has 1 heterocycles. The van der Waals surface area contributed by atoms with Crippen molar-refractivity contribution in [2.45, 2.75) is 6.42 Å². The van der Waals surface area contributed by atoms with Crippen molar-refractivity contribution in [3.8, 4) is 33.5 Å². The van der Waals surface area contributed by atoms with Crippen LogP contribution < -0.4 is 5.56 Å². The standard InChI is InChI=1S/C29H22N2O2/c32-29-27(19-21-11-13-24(14-12-21)22-7-3-1-4-8-22)30-28(20-31(29)33)26-17-15-25(16-18-26)23-9-5-2-6-10-23/h1-18,20,33H,19H2. The maximum Gasteiger partial charge on any atom is 0.304 e. The summed E-state index contributed by atoms with van der Waals surface area (Å²) in [5, 5.41) is 10.2.